The number of aliphatic hydroxyl groups excluding tert-OH is 1. The van der Waals surface area contributed by atoms with Gasteiger partial charge in [0.1, 0.15) is 13.2 Å². The zero-order valence-electron chi connectivity index (χ0n) is 34.0. The second-order valence-corrected chi connectivity index (χ2v) is 16.7. The summed E-state index contributed by atoms with van der Waals surface area (Å²) in [5, 5.41) is 17.3. The van der Waals surface area contributed by atoms with Crippen molar-refractivity contribution in [3.8, 4) is 0 Å². The molecule has 11 nitrogen and oxygen atoms in total. The van der Waals surface area contributed by atoms with Crippen LogP contribution in [0.4, 0.5) is 0 Å². The zero-order valence-corrected chi connectivity index (χ0v) is 34.8. The number of carbonyl (C=O) groups excluding carboxylic acids is 1. The maximum absolute atomic E-state index is 12.9. The molecule has 1 unspecified atom stereocenters. The molecular formula is C40H80N5O6P. The molecule has 0 spiro atoms. The molecule has 0 aromatic carbocycles. The molecule has 0 aromatic rings. The summed E-state index contributed by atoms with van der Waals surface area (Å²) in [7, 11) is -0.919. The van der Waals surface area contributed by atoms with Crippen molar-refractivity contribution in [2.75, 3.05) is 46.9 Å². The highest BCUT2D eigenvalue weighted by Crippen LogP contribution is 2.38. The number of quaternary nitrogens is 1. The van der Waals surface area contributed by atoms with E-state index in [1.807, 2.05) is 20.2 Å². The predicted molar refractivity (Wildman–Crippen MR) is 214 cm³/mol. The average molecular weight is 758 g/mol. The van der Waals surface area contributed by atoms with Crippen molar-refractivity contribution < 1.29 is 32.9 Å². The number of hydrogen-bond acceptors (Lipinski definition) is 7. The van der Waals surface area contributed by atoms with Gasteiger partial charge >= 0.3 is 0 Å². The molecule has 0 aliphatic carbocycles. The van der Waals surface area contributed by atoms with Crippen molar-refractivity contribution in [1.29, 1.82) is 0 Å². The quantitative estimate of drug-likeness (QED) is 0.0121. The van der Waals surface area contributed by atoms with Crippen LogP contribution in [-0.4, -0.2) is 74.6 Å². The van der Waals surface area contributed by atoms with Gasteiger partial charge in [-0.2, -0.15) is 0 Å². The van der Waals surface area contributed by atoms with Crippen molar-refractivity contribution in [3.05, 3.63) is 22.6 Å². The minimum absolute atomic E-state index is 0.110. The van der Waals surface area contributed by atoms with Crippen LogP contribution in [0.5, 0.6) is 0 Å². The first kappa shape index (κ1) is 50.5. The summed E-state index contributed by atoms with van der Waals surface area (Å²) in [6, 6.07) is -0.926. The number of nitrogens with one attached hydrogen (secondary N) is 1. The number of phosphoric ester groups is 1. The number of amides is 1. The minimum Gasteiger partial charge on any atom is -0.756 e. The number of nitrogens with zero attached hydrogens (tertiary/aromatic N) is 4. The number of unbranched alkanes of at least 4 members (excludes halogenated alkanes) is 23. The highest BCUT2D eigenvalue weighted by Gasteiger charge is 2.23. The number of azide groups is 1. The van der Waals surface area contributed by atoms with E-state index in [1.54, 1.807) is 6.08 Å². The fraction of sp³-hybridized carbons (Fsp3) is 0.925. The lowest BCUT2D eigenvalue weighted by Gasteiger charge is -2.31. The van der Waals surface area contributed by atoms with Crippen LogP contribution in [0.25, 0.3) is 10.4 Å². The van der Waals surface area contributed by atoms with E-state index < -0.39 is 26.6 Å². The van der Waals surface area contributed by atoms with Gasteiger partial charge in [-0.15, -0.1) is 0 Å². The third kappa shape index (κ3) is 34.3. The number of phosphoric acid groups is 1. The van der Waals surface area contributed by atoms with E-state index in [1.165, 1.54) is 122 Å². The molecule has 306 valence electrons. The Balaban J connectivity index is 4.68. The molecular weight excluding hydrogens is 677 g/mol. The van der Waals surface area contributed by atoms with Crippen molar-refractivity contribution in [1.82, 2.24) is 5.32 Å². The van der Waals surface area contributed by atoms with Gasteiger partial charge in [0.15, 0.2) is 0 Å². The summed E-state index contributed by atoms with van der Waals surface area (Å²) in [6.45, 7) is 5.14. The van der Waals surface area contributed by atoms with Gasteiger partial charge in [-0.25, -0.2) is 0 Å². The summed E-state index contributed by atoms with van der Waals surface area (Å²) in [5.41, 5.74) is 8.49. The van der Waals surface area contributed by atoms with Crippen LogP contribution < -0.4 is 10.2 Å². The molecule has 0 aromatic heterocycles. The first-order chi connectivity index (χ1) is 25.1. The molecule has 0 bridgehead atoms. The van der Waals surface area contributed by atoms with Crippen LogP contribution in [0.15, 0.2) is 17.3 Å². The standard InChI is InChI=1S/C40H80N5O6P/c1-5-7-9-11-13-15-17-19-21-23-25-27-29-31-39(46)38(37-51-52(48,49)50-36-35-45(3,4)34-33-42-44-41)43-40(47)32-30-28-26-24-22-20-18-16-14-12-10-8-6-2/h29,31,38-39,46H,5-28,30,32-37H2,1-4H3,(H-,43,47,48,49)/b31-29+/t38-,39+/m0/s1. The monoisotopic (exact) mass is 758 g/mol. The van der Waals surface area contributed by atoms with Crippen LogP contribution in [0.2, 0.25) is 0 Å². The Bertz CT molecular complexity index is 963. The molecule has 0 radical (unpaired) electrons. The third-order valence-electron chi connectivity index (χ3n) is 9.80. The molecule has 12 heteroatoms. The molecule has 0 rings (SSSR count). The zero-order chi connectivity index (χ0) is 38.6. The van der Waals surface area contributed by atoms with Gasteiger partial charge in [-0.3, -0.25) is 9.36 Å². The number of carbonyl (C=O) groups is 1. The third-order valence-corrected chi connectivity index (χ3v) is 10.8. The Hall–Kier alpha value is -1.45. The van der Waals surface area contributed by atoms with Crippen LogP contribution >= 0.6 is 7.82 Å². The highest BCUT2D eigenvalue weighted by atomic mass is 31.2. The number of aliphatic hydroxyl groups is 1. The number of allylic oxidation sites excluding steroid dienone is 1. The molecule has 0 fully saturated rings. The van der Waals surface area contributed by atoms with Crippen LogP contribution in [-0.2, 0) is 18.4 Å². The molecule has 0 saturated heterocycles. The van der Waals surface area contributed by atoms with E-state index in [4.69, 9.17) is 14.6 Å². The van der Waals surface area contributed by atoms with Gasteiger partial charge in [-0.05, 0) is 24.8 Å². The molecule has 3 atom stereocenters. The topological polar surface area (TPSA) is 157 Å². The summed E-state index contributed by atoms with van der Waals surface area (Å²) in [4.78, 5) is 28.2. The first-order valence-electron chi connectivity index (χ1n) is 21.1. The molecule has 2 N–H and O–H groups in total. The largest absolute Gasteiger partial charge is 0.756 e. The van der Waals surface area contributed by atoms with Crippen LogP contribution in [0, 0.1) is 0 Å². The minimum atomic E-state index is -4.69. The number of likely N-dealkylation sites (N-methyl/N-ethyl adjacent to an activating group) is 1. The van der Waals surface area contributed by atoms with E-state index in [2.05, 4.69) is 29.2 Å². The highest BCUT2D eigenvalue weighted by molar-refractivity contribution is 7.45. The van der Waals surface area contributed by atoms with E-state index in [-0.39, 0.29) is 12.5 Å². The number of hydrogen-bond donors (Lipinski definition) is 2. The lowest BCUT2D eigenvalue weighted by Crippen LogP contribution is -2.46. The van der Waals surface area contributed by atoms with Crippen molar-refractivity contribution in [3.63, 3.8) is 0 Å². The van der Waals surface area contributed by atoms with Crippen LogP contribution in [0.3, 0.4) is 0 Å². The van der Waals surface area contributed by atoms with Gasteiger partial charge < -0.3 is 28.8 Å². The Morgan fingerprint density at radius 2 is 1.25 bits per heavy atom. The summed E-state index contributed by atoms with van der Waals surface area (Å²) >= 11 is 0. The molecule has 0 saturated carbocycles. The van der Waals surface area contributed by atoms with Crippen molar-refractivity contribution in [2.45, 2.75) is 193 Å². The fourth-order valence-electron chi connectivity index (χ4n) is 6.18. The molecule has 0 heterocycles. The van der Waals surface area contributed by atoms with Gasteiger partial charge in [0.25, 0.3) is 7.82 Å². The molecule has 52 heavy (non-hydrogen) atoms. The molecule has 0 aliphatic heterocycles. The predicted octanol–water partition coefficient (Wildman–Crippen LogP) is 10.5. The van der Waals surface area contributed by atoms with E-state index >= 15 is 0 Å². The second kappa shape index (κ2) is 35.3. The summed E-state index contributed by atoms with van der Waals surface area (Å²) in [5.74, 6) is -0.227. The molecule has 1 amide bonds. The maximum atomic E-state index is 12.9. The smallest absolute Gasteiger partial charge is 0.268 e. The van der Waals surface area contributed by atoms with E-state index in [9.17, 15) is 19.4 Å². The van der Waals surface area contributed by atoms with Crippen molar-refractivity contribution >= 4 is 13.7 Å². The fourth-order valence-corrected chi connectivity index (χ4v) is 6.91. The Kier molecular flexibility index (Phi) is 34.3. The first-order valence-corrected chi connectivity index (χ1v) is 22.6. The summed E-state index contributed by atoms with van der Waals surface area (Å²) in [6.07, 6.45) is 33.4. The lowest BCUT2D eigenvalue weighted by atomic mass is 10.0. The Morgan fingerprint density at radius 3 is 1.73 bits per heavy atom. The summed E-state index contributed by atoms with van der Waals surface area (Å²) < 4.78 is 23.2. The van der Waals surface area contributed by atoms with E-state index in [0.29, 0.717) is 30.5 Å². The van der Waals surface area contributed by atoms with Gasteiger partial charge in [0.05, 0.1) is 45.9 Å². The van der Waals surface area contributed by atoms with Crippen molar-refractivity contribution in [2.24, 2.45) is 5.11 Å². The Labute approximate surface area is 318 Å². The average Bonchev–Trinajstić information content (AvgIpc) is 3.10. The Morgan fingerprint density at radius 1 is 0.788 bits per heavy atom. The molecule has 0 aliphatic rings. The van der Waals surface area contributed by atoms with Crippen LogP contribution in [0.1, 0.15) is 181 Å². The van der Waals surface area contributed by atoms with E-state index in [0.717, 1.165) is 38.5 Å². The van der Waals surface area contributed by atoms with Gasteiger partial charge in [0, 0.05) is 11.3 Å². The maximum Gasteiger partial charge on any atom is 0.268 e. The SMILES string of the molecule is CCCCCCCCCCCCC/C=C/[C@@H](O)[C@H](COP(=O)([O-])OCC[N+](C)(C)CCN=[N+]=[N-])NC(=O)CCCCCCCCCCCCCCC. The normalized spacial score (nSPS) is 14.3. The van der Waals surface area contributed by atoms with Gasteiger partial charge in [-0.1, -0.05) is 172 Å². The van der Waals surface area contributed by atoms with Gasteiger partial charge in [0.2, 0.25) is 5.91 Å². The second-order valence-electron chi connectivity index (χ2n) is 15.3. The lowest BCUT2D eigenvalue weighted by molar-refractivity contribution is -0.888. The number of rotatable bonds is 39.